The van der Waals surface area contributed by atoms with Crippen molar-refractivity contribution in [1.82, 2.24) is 20.3 Å². The summed E-state index contributed by atoms with van der Waals surface area (Å²) in [5.74, 6) is -9.15. The number of nitrogens with one attached hydrogen (secondary N) is 3. The maximum absolute atomic E-state index is 14.1. The number of ether oxygens (including phenoxy) is 3. The van der Waals surface area contributed by atoms with Crippen LogP contribution >= 0.6 is 0 Å². The van der Waals surface area contributed by atoms with Gasteiger partial charge in [0.15, 0.2) is 17.5 Å². The topological polar surface area (TPSA) is 120 Å². The molecule has 0 saturated carbocycles. The molecule has 1 heterocycles. The Morgan fingerprint density at radius 1 is 0.821 bits per heavy atom. The predicted molar refractivity (Wildman–Crippen MR) is 129 cm³/mol. The molecule has 39 heavy (non-hydrogen) atoms. The lowest BCUT2D eigenvalue weighted by Gasteiger charge is -2.12. The van der Waals surface area contributed by atoms with Gasteiger partial charge >= 0.3 is 6.01 Å². The van der Waals surface area contributed by atoms with E-state index in [1.807, 2.05) is 0 Å². The summed E-state index contributed by atoms with van der Waals surface area (Å²) >= 11 is 0. The molecular weight excluding hydrogens is 531 g/mol. The summed E-state index contributed by atoms with van der Waals surface area (Å²) in [5, 5.41) is 8.21. The number of hydrogen-bond donors (Lipinski definition) is 3. The number of carbonyl (C=O) groups excluding carboxylic acids is 1. The van der Waals surface area contributed by atoms with Crippen LogP contribution in [0.5, 0.6) is 11.8 Å². The molecule has 1 aromatic heterocycles. The molecule has 2 aromatic carbocycles. The number of anilines is 2. The van der Waals surface area contributed by atoms with E-state index >= 15 is 0 Å². The van der Waals surface area contributed by atoms with E-state index in [0.29, 0.717) is 25.3 Å². The van der Waals surface area contributed by atoms with Gasteiger partial charge in [-0.3, -0.25) is 4.79 Å². The third-order valence-electron chi connectivity index (χ3n) is 4.74. The van der Waals surface area contributed by atoms with Crippen LogP contribution in [-0.4, -0.2) is 60.4 Å². The molecular formula is C24H25F5N6O4. The van der Waals surface area contributed by atoms with Gasteiger partial charge in [-0.1, -0.05) is 12.1 Å². The Balaban J connectivity index is 1.62. The van der Waals surface area contributed by atoms with Gasteiger partial charge < -0.3 is 30.2 Å². The lowest BCUT2D eigenvalue weighted by atomic mass is 10.2. The van der Waals surface area contributed by atoms with E-state index < -0.39 is 40.8 Å². The summed E-state index contributed by atoms with van der Waals surface area (Å²) in [6.45, 7) is 3.13. The fourth-order valence-corrected chi connectivity index (χ4v) is 2.98. The molecule has 210 valence electrons. The lowest BCUT2D eigenvalue weighted by Crippen LogP contribution is -2.25. The van der Waals surface area contributed by atoms with E-state index in [1.165, 1.54) is 25.1 Å². The second kappa shape index (κ2) is 14.7. The molecule has 0 spiro atoms. The highest BCUT2D eigenvalue weighted by molar-refractivity contribution is 5.72. The van der Waals surface area contributed by atoms with Crippen molar-refractivity contribution < 1.29 is 41.0 Å². The lowest BCUT2D eigenvalue weighted by molar-refractivity contribution is -0.119. The van der Waals surface area contributed by atoms with Crippen molar-refractivity contribution in [2.45, 2.75) is 13.5 Å². The Morgan fingerprint density at radius 2 is 1.51 bits per heavy atom. The van der Waals surface area contributed by atoms with Crippen LogP contribution in [0.1, 0.15) is 12.5 Å². The second-order valence-corrected chi connectivity index (χ2v) is 7.78. The maximum Gasteiger partial charge on any atom is 0.328 e. The Morgan fingerprint density at radius 3 is 2.21 bits per heavy atom. The van der Waals surface area contributed by atoms with Crippen LogP contribution in [0, 0.1) is 29.1 Å². The number of halogens is 5. The first-order valence-electron chi connectivity index (χ1n) is 11.6. The molecule has 3 rings (SSSR count). The van der Waals surface area contributed by atoms with E-state index in [1.54, 1.807) is 6.07 Å². The SMILES string of the molecule is CC(=O)NCCOCCOCCNc1nc(NCc2cccc(F)c2)nc(Oc2c(F)cc(F)c(F)c2F)n1. The van der Waals surface area contributed by atoms with Gasteiger partial charge in [-0.15, -0.1) is 0 Å². The van der Waals surface area contributed by atoms with Crippen molar-refractivity contribution in [1.29, 1.82) is 0 Å². The maximum atomic E-state index is 14.1. The number of rotatable bonds is 15. The van der Waals surface area contributed by atoms with Gasteiger partial charge in [0.2, 0.25) is 29.4 Å². The minimum Gasteiger partial charge on any atom is -0.418 e. The second-order valence-electron chi connectivity index (χ2n) is 7.78. The van der Waals surface area contributed by atoms with Crippen LogP contribution in [0.2, 0.25) is 0 Å². The molecule has 0 aliphatic rings. The Labute approximate surface area is 219 Å². The first-order valence-corrected chi connectivity index (χ1v) is 11.6. The smallest absolute Gasteiger partial charge is 0.328 e. The third-order valence-corrected chi connectivity index (χ3v) is 4.74. The van der Waals surface area contributed by atoms with E-state index in [2.05, 4.69) is 30.9 Å². The predicted octanol–water partition coefficient (Wildman–Crippen LogP) is 3.55. The normalized spacial score (nSPS) is 10.8. The molecule has 0 aliphatic carbocycles. The van der Waals surface area contributed by atoms with Crippen LogP contribution in [0.15, 0.2) is 30.3 Å². The Kier molecular flexibility index (Phi) is 11.1. The molecule has 10 nitrogen and oxygen atoms in total. The highest BCUT2D eigenvalue weighted by Crippen LogP contribution is 2.29. The summed E-state index contributed by atoms with van der Waals surface area (Å²) < 4.78 is 84.3. The van der Waals surface area contributed by atoms with Gasteiger partial charge in [-0.05, 0) is 17.7 Å². The fraction of sp³-hybridized carbons (Fsp3) is 0.333. The van der Waals surface area contributed by atoms with E-state index in [0.717, 1.165) is 0 Å². The van der Waals surface area contributed by atoms with Crippen molar-refractivity contribution >= 4 is 17.8 Å². The largest absolute Gasteiger partial charge is 0.418 e. The first-order chi connectivity index (χ1) is 18.7. The number of aromatic nitrogens is 3. The molecule has 0 bridgehead atoms. The van der Waals surface area contributed by atoms with Crippen molar-refractivity contribution in [2.24, 2.45) is 0 Å². The van der Waals surface area contributed by atoms with Crippen LogP contribution in [0.3, 0.4) is 0 Å². The van der Waals surface area contributed by atoms with Crippen molar-refractivity contribution in [3.63, 3.8) is 0 Å². The van der Waals surface area contributed by atoms with Gasteiger partial charge in [0.25, 0.3) is 0 Å². The van der Waals surface area contributed by atoms with Crippen molar-refractivity contribution in [2.75, 3.05) is 50.2 Å². The van der Waals surface area contributed by atoms with Gasteiger partial charge in [-0.2, -0.15) is 19.3 Å². The number of benzene rings is 2. The quantitative estimate of drug-likeness (QED) is 0.112. The summed E-state index contributed by atoms with van der Waals surface area (Å²) in [6.07, 6.45) is 0. The molecule has 3 aromatic rings. The molecule has 0 unspecified atom stereocenters. The fourth-order valence-electron chi connectivity index (χ4n) is 2.98. The number of carbonyl (C=O) groups is 1. The number of hydrogen-bond acceptors (Lipinski definition) is 9. The first kappa shape index (κ1) is 29.4. The average molecular weight is 556 g/mol. The van der Waals surface area contributed by atoms with Crippen LogP contribution in [-0.2, 0) is 20.8 Å². The van der Waals surface area contributed by atoms with Crippen LogP contribution in [0.4, 0.5) is 33.8 Å². The van der Waals surface area contributed by atoms with Crippen molar-refractivity contribution in [3.05, 3.63) is 65.0 Å². The van der Waals surface area contributed by atoms with Gasteiger partial charge in [-0.25, -0.2) is 17.6 Å². The summed E-state index contributed by atoms with van der Waals surface area (Å²) in [7, 11) is 0. The van der Waals surface area contributed by atoms with Crippen LogP contribution < -0.4 is 20.7 Å². The zero-order chi connectivity index (χ0) is 28.2. The highest BCUT2D eigenvalue weighted by Gasteiger charge is 2.22. The van der Waals surface area contributed by atoms with Crippen molar-refractivity contribution in [3.8, 4) is 11.8 Å². The molecule has 0 fully saturated rings. The Bertz CT molecular complexity index is 1270. The van der Waals surface area contributed by atoms with E-state index in [-0.39, 0.29) is 50.2 Å². The molecule has 0 radical (unpaired) electrons. The molecule has 0 saturated heterocycles. The number of nitrogens with zero attached hydrogens (tertiary/aromatic N) is 3. The summed E-state index contributed by atoms with van der Waals surface area (Å²) in [5.41, 5.74) is 0.540. The molecule has 15 heteroatoms. The van der Waals surface area contributed by atoms with E-state index in [9.17, 15) is 26.7 Å². The van der Waals surface area contributed by atoms with Crippen LogP contribution in [0.25, 0.3) is 0 Å². The number of amides is 1. The molecule has 1 amide bonds. The molecule has 0 atom stereocenters. The van der Waals surface area contributed by atoms with Gasteiger partial charge in [0.05, 0.1) is 26.4 Å². The summed E-state index contributed by atoms with van der Waals surface area (Å²) in [6, 6.07) is 5.18. The zero-order valence-electron chi connectivity index (χ0n) is 20.7. The average Bonchev–Trinajstić information content (AvgIpc) is 2.89. The van der Waals surface area contributed by atoms with Gasteiger partial charge in [0, 0.05) is 32.6 Å². The minimum atomic E-state index is -1.93. The van der Waals surface area contributed by atoms with E-state index in [4.69, 9.17) is 14.2 Å². The third kappa shape index (κ3) is 9.61. The monoisotopic (exact) mass is 556 g/mol. The minimum absolute atomic E-state index is 0.0690. The Hall–Kier alpha value is -4.11. The van der Waals surface area contributed by atoms with Gasteiger partial charge in [0.1, 0.15) is 5.82 Å². The standard InChI is InChI=1S/C24H25F5N6O4/c1-14(36)30-5-7-37-9-10-38-8-6-31-22-33-23(32-13-15-3-2-4-16(25)11-15)35-24(34-22)39-21-18(27)12-17(26)19(28)20(21)29/h2-4,11-12H,5-10,13H2,1H3,(H,30,36)(H2,31,32,33,34,35). The molecule has 0 aliphatic heterocycles. The molecule has 3 N–H and O–H groups in total. The highest BCUT2D eigenvalue weighted by atomic mass is 19.2. The summed E-state index contributed by atoms with van der Waals surface area (Å²) in [4.78, 5) is 22.7. The zero-order valence-corrected chi connectivity index (χ0v) is 20.7.